The van der Waals surface area contributed by atoms with Crippen molar-refractivity contribution in [3.63, 3.8) is 0 Å². The first-order valence-electron chi connectivity index (χ1n) is 8.98. The maximum atomic E-state index is 13.2. The van der Waals surface area contributed by atoms with Crippen LogP contribution in [-0.4, -0.2) is 24.6 Å². The molecule has 0 bridgehead atoms. The fourth-order valence-corrected chi connectivity index (χ4v) is 5.04. The number of esters is 1. The molecule has 27 heavy (non-hydrogen) atoms. The molecular weight excluding hydrogens is 362 g/mol. The van der Waals surface area contributed by atoms with Crippen LogP contribution in [-0.2, 0) is 14.3 Å². The molecule has 3 atom stereocenters. The predicted molar refractivity (Wildman–Crippen MR) is 103 cm³/mol. The van der Waals surface area contributed by atoms with Crippen LogP contribution in [0.3, 0.4) is 0 Å². The Hall–Kier alpha value is -2.47. The third kappa shape index (κ3) is 3.08. The third-order valence-corrected chi connectivity index (χ3v) is 6.41. The number of hydrogen-bond donors (Lipinski definition) is 0. The molecule has 140 valence electrons. The standard InChI is InChI=1S/C21H21NO4S/c1-11-6-7-16(26-11)20-18(21(24)25-3)12(2)22-14-9-13(10-15(23)19(14)20)17-5-4-8-27-17/h4-8,13,19-20H,9-10H2,1-3H3/t13-,19?,20-/m1/s1. The third-order valence-electron chi connectivity index (χ3n) is 5.37. The van der Waals surface area contributed by atoms with Crippen molar-refractivity contribution in [2.75, 3.05) is 7.11 Å². The molecule has 3 heterocycles. The number of hydrogen-bond acceptors (Lipinski definition) is 6. The number of aryl methyl sites for hydroxylation is 1. The summed E-state index contributed by atoms with van der Waals surface area (Å²) in [5, 5.41) is 2.03. The zero-order valence-corrected chi connectivity index (χ0v) is 16.3. The van der Waals surface area contributed by atoms with E-state index in [1.165, 1.54) is 12.0 Å². The number of ether oxygens (including phenoxy) is 1. The highest BCUT2D eigenvalue weighted by Crippen LogP contribution is 2.46. The van der Waals surface area contributed by atoms with Crippen molar-refractivity contribution < 1.29 is 18.7 Å². The minimum absolute atomic E-state index is 0.103. The minimum atomic E-state index is -0.476. The molecule has 2 aromatic heterocycles. The molecular formula is C21H21NO4S. The Morgan fingerprint density at radius 1 is 1.22 bits per heavy atom. The number of ketones is 1. The van der Waals surface area contributed by atoms with E-state index in [1.54, 1.807) is 18.3 Å². The van der Waals surface area contributed by atoms with Gasteiger partial charge in [0.1, 0.15) is 17.3 Å². The highest BCUT2D eigenvalue weighted by molar-refractivity contribution is 7.10. The Kier molecular flexibility index (Phi) is 4.60. The molecule has 4 rings (SSSR count). The SMILES string of the molecule is COC(=O)C1=C(C)N=C2C[C@@H](c3cccs3)CC(=O)C2[C@@H]1c1ccc(C)o1. The second kappa shape index (κ2) is 6.93. The highest BCUT2D eigenvalue weighted by atomic mass is 32.1. The molecule has 1 aliphatic carbocycles. The van der Waals surface area contributed by atoms with E-state index < -0.39 is 17.8 Å². The maximum Gasteiger partial charge on any atom is 0.336 e. The summed E-state index contributed by atoms with van der Waals surface area (Å²) in [6.07, 6.45) is 1.17. The topological polar surface area (TPSA) is 68.9 Å². The van der Waals surface area contributed by atoms with E-state index in [9.17, 15) is 9.59 Å². The molecule has 0 aromatic carbocycles. The lowest BCUT2D eigenvalue weighted by atomic mass is 9.68. The molecule has 1 aliphatic heterocycles. The zero-order valence-electron chi connectivity index (χ0n) is 15.5. The second-order valence-electron chi connectivity index (χ2n) is 7.08. The van der Waals surface area contributed by atoms with Crippen LogP contribution in [0.4, 0.5) is 0 Å². The van der Waals surface area contributed by atoms with Gasteiger partial charge in [-0.3, -0.25) is 9.79 Å². The molecule has 2 aromatic rings. The van der Waals surface area contributed by atoms with Crippen molar-refractivity contribution in [2.24, 2.45) is 10.9 Å². The van der Waals surface area contributed by atoms with Gasteiger partial charge in [-0.15, -0.1) is 11.3 Å². The summed E-state index contributed by atoms with van der Waals surface area (Å²) in [6.45, 7) is 3.66. The van der Waals surface area contributed by atoms with E-state index in [4.69, 9.17) is 9.15 Å². The first-order chi connectivity index (χ1) is 13.0. The van der Waals surface area contributed by atoms with Crippen LogP contribution in [0.25, 0.3) is 0 Å². The van der Waals surface area contributed by atoms with Gasteiger partial charge in [0.05, 0.1) is 24.5 Å². The summed E-state index contributed by atoms with van der Waals surface area (Å²) in [7, 11) is 1.35. The Balaban J connectivity index is 1.80. The predicted octanol–water partition coefficient (Wildman–Crippen LogP) is 4.40. The van der Waals surface area contributed by atoms with Gasteiger partial charge in [0, 0.05) is 28.6 Å². The number of nitrogens with zero attached hydrogens (tertiary/aromatic N) is 1. The summed E-state index contributed by atoms with van der Waals surface area (Å²) in [4.78, 5) is 31.6. The number of rotatable bonds is 3. The number of aliphatic imine (C=N–C) groups is 1. The molecule has 0 amide bonds. The van der Waals surface area contributed by atoms with Crippen LogP contribution in [0.1, 0.15) is 48.0 Å². The van der Waals surface area contributed by atoms with Crippen molar-refractivity contribution in [3.05, 3.63) is 57.3 Å². The average molecular weight is 383 g/mol. The molecule has 0 radical (unpaired) electrons. The summed E-state index contributed by atoms with van der Waals surface area (Å²) in [5.41, 5.74) is 1.86. The molecule has 2 aliphatic rings. The molecule has 0 spiro atoms. The zero-order chi connectivity index (χ0) is 19.1. The Bertz CT molecular complexity index is 951. The van der Waals surface area contributed by atoms with Gasteiger partial charge in [-0.05, 0) is 43.8 Å². The molecule has 1 fully saturated rings. The number of methoxy groups -OCH3 is 1. The number of furan rings is 1. The Morgan fingerprint density at radius 3 is 2.67 bits per heavy atom. The minimum Gasteiger partial charge on any atom is -0.466 e. The van der Waals surface area contributed by atoms with Crippen molar-refractivity contribution in [2.45, 2.75) is 38.5 Å². The van der Waals surface area contributed by atoms with E-state index in [1.807, 2.05) is 30.5 Å². The second-order valence-corrected chi connectivity index (χ2v) is 8.06. The van der Waals surface area contributed by atoms with E-state index in [-0.39, 0.29) is 11.7 Å². The van der Waals surface area contributed by atoms with Crippen molar-refractivity contribution in [3.8, 4) is 0 Å². The number of carbonyl (C=O) groups excluding carboxylic acids is 2. The first-order valence-corrected chi connectivity index (χ1v) is 9.86. The number of Topliss-reactive ketones (excluding diaryl/α,β-unsaturated/α-hetero) is 1. The monoisotopic (exact) mass is 383 g/mol. The van der Waals surface area contributed by atoms with Crippen molar-refractivity contribution in [1.29, 1.82) is 0 Å². The average Bonchev–Trinajstić information content (AvgIpc) is 3.31. The largest absolute Gasteiger partial charge is 0.466 e. The lowest BCUT2D eigenvalue weighted by molar-refractivity contribution is -0.136. The lowest BCUT2D eigenvalue weighted by Gasteiger charge is -2.36. The Labute approximate surface area is 161 Å². The molecule has 1 saturated carbocycles. The Morgan fingerprint density at radius 2 is 2.04 bits per heavy atom. The van der Waals surface area contributed by atoms with E-state index >= 15 is 0 Å². The van der Waals surface area contributed by atoms with Gasteiger partial charge < -0.3 is 9.15 Å². The van der Waals surface area contributed by atoms with E-state index in [0.29, 0.717) is 23.5 Å². The normalized spacial score (nSPS) is 25.2. The van der Waals surface area contributed by atoms with Crippen LogP contribution in [0.5, 0.6) is 0 Å². The van der Waals surface area contributed by atoms with Gasteiger partial charge in [-0.2, -0.15) is 0 Å². The van der Waals surface area contributed by atoms with E-state index in [0.717, 1.165) is 17.9 Å². The van der Waals surface area contributed by atoms with Gasteiger partial charge in [-0.1, -0.05) is 6.07 Å². The molecule has 5 nitrogen and oxygen atoms in total. The number of allylic oxidation sites excluding steroid dienone is 1. The molecule has 0 saturated heterocycles. The van der Waals surface area contributed by atoms with Gasteiger partial charge in [0.25, 0.3) is 0 Å². The first kappa shape index (κ1) is 17.9. The van der Waals surface area contributed by atoms with Gasteiger partial charge >= 0.3 is 5.97 Å². The van der Waals surface area contributed by atoms with Crippen LogP contribution in [0, 0.1) is 12.8 Å². The van der Waals surface area contributed by atoms with Crippen LogP contribution in [0.15, 0.2) is 50.3 Å². The highest BCUT2D eigenvalue weighted by Gasteiger charge is 2.47. The number of thiophene rings is 1. The summed E-state index contributed by atoms with van der Waals surface area (Å²) < 4.78 is 10.8. The fraction of sp³-hybridized carbons (Fsp3) is 0.381. The lowest BCUT2D eigenvalue weighted by Crippen LogP contribution is -2.40. The van der Waals surface area contributed by atoms with Crippen molar-refractivity contribution in [1.82, 2.24) is 0 Å². The molecule has 6 heteroatoms. The smallest absolute Gasteiger partial charge is 0.336 e. The summed E-state index contributed by atoms with van der Waals surface area (Å²) >= 11 is 1.67. The number of carbonyl (C=O) groups is 2. The molecule has 0 N–H and O–H groups in total. The fourth-order valence-electron chi connectivity index (χ4n) is 4.20. The maximum absolute atomic E-state index is 13.2. The van der Waals surface area contributed by atoms with Crippen molar-refractivity contribution >= 4 is 28.8 Å². The van der Waals surface area contributed by atoms with Gasteiger partial charge in [0.2, 0.25) is 0 Å². The number of fused-ring (bicyclic) bond motifs is 1. The summed E-state index contributed by atoms with van der Waals surface area (Å²) in [6, 6.07) is 7.78. The molecule has 1 unspecified atom stereocenters. The van der Waals surface area contributed by atoms with Crippen LogP contribution >= 0.6 is 11.3 Å². The quantitative estimate of drug-likeness (QED) is 0.737. The van der Waals surface area contributed by atoms with Gasteiger partial charge in [-0.25, -0.2) is 4.79 Å². The van der Waals surface area contributed by atoms with Crippen LogP contribution < -0.4 is 0 Å². The van der Waals surface area contributed by atoms with Gasteiger partial charge in [0.15, 0.2) is 0 Å². The summed E-state index contributed by atoms with van der Waals surface area (Å²) in [5.74, 6) is 0.219. The van der Waals surface area contributed by atoms with Crippen LogP contribution in [0.2, 0.25) is 0 Å². The van der Waals surface area contributed by atoms with E-state index in [2.05, 4.69) is 11.1 Å².